The van der Waals surface area contributed by atoms with Gasteiger partial charge in [0.2, 0.25) is 5.82 Å². The van der Waals surface area contributed by atoms with Crippen LogP contribution in [0.25, 0.3) is 34.9 Å². The first-order chi connectivity index (χ1) is 26.6. The van der Waals surface area contributed by atoms with Crippen LogP contribution in [0.5, 0.6) is 0 Å². The van der Waals surface area contributed by atoms with Gasteiger partial charge in [0.25, 0.3) is 0 Å². The van der Waals surface area contributed by atoms with E-state index in [1.54, 1.807) is 17.9 Å². The summed E-state index contributed by atoms with van der Waals surface area (Å²) in [4.78, 5) is 0. The van der Waals surface area contributed by atoms with E-state index in [2.05, 4.69) is 165 Å². The molecule has 0 amide bonds. The molecule has 1 saturated heterocycles. The Morgan fingerprint density at radius 1 is 0.593 bits per heavy atom. The van der Waals surface area contributed by atoms with E-state index in [9.17, 15) is 0 Å². The summed E-state index contributed by atoms with van der Waals surface area (Å²) in [5, 5.41) is 22.6. The molecule has 0 saturated carbocycles. The fourth-order valence-electron chi connectivity index (χ4n) is 6.66. The quantitative estimate of drug-likeness (QED) is 0.101. The molecule has 7 rings (SSSR count). The molecule has 7 heteroatoms. The summed E-state index contributed by atoms with van der Waals surface area (Å²) in [6.45, 7) is 5.27. The minimum absolute atomic E-state index is 0.479. The number of hydrogen-bond donors (Lipinski definition) is 0. The van der Waals surface area contributed by atoms with E-state index < -0.39 is 7.26 Å². The monoisotopic (exact) mass is 898 g/mol. The van der Waals surface area contributed by atoms with Gasteiger partial charge in [-0.2, -0.15) is 0 Å². The standard InChI is InChI=1S/C47H39N4OP.Os/c1-4-15-36-22-27-39(28-23-36)46-48-50-47(51-49-46)40-29-24-37(25-30-40)26-31-41(32-42-34-52-33-38(42)5-2)35(3)53(43-16-9-6-10-17-43,44-18-11-7-12-19-44)45-20-13-8-14-21-45;/h4-32H,33-34H2,1-2H3;/q+1;/b15-4+,31-26+,38-5?,41-35?,42-32?;. The molecule has 1 aromatic heterocycles. The Labute approximate surface area is 328 Å². The van der Waals surface area contributed by atoms with Crippen molar-refractivity contribution in [3.05, 3.63) is 197 Å². The van der Waals surface area contributed by atoms with Gasteiger partial charge in [-0.3, -0.25) is 0 Å². The number of aromatic nitrogens is 4. The average Bonchev–Trinajstić information content (AvgIpc) is 3.70. The summed E-state index contributed by atoms with van der Waals surface area (Å²) in [6, 6.07) is 49.0. The van der Waals surface area contributed by atoms with Crippen LogP contribution in [-0.2, 0) is 22.7 Å². The second-order valence-corrected chi connectivity index (χ2v) is 16.6. The Morgan fingerprint density at radius 3 is 1.46 bits per heavy atom. The number of hydrogen-bond acceptors (Lipinski definition) is 5. The van der Waals surface area contributed by atoms with E-state index in [0.29, 0.717) is 24.9 Å². The van der Waals surface area contributed by atoms with E-state index in [4.69, 9.17) is 4.74 Å². The first kappa shape index (κ1) is 36.9. The second kappa shape index (κ2) is 17.6. The molecule has 265 valence electrons. The first-order valence-electron chi connectivity index (χ1n) is 17.8. The van der Waals surface area contributed by atoms with E-state index in [-0.39, 0.29) is 0 Å². The molecule has 2 heterocycles. The predicted molar refractivity (Wildman–Crippen MR) is 221 cm³/mol. The normalized spacial score (nSPS) is 15.2. The van der Waals surface area contributed by atoms with Crippen molar-refractivity contribution in [2.75, 3.05) is 13.2 Å². The molecule has 6 aromatic rings. The number of nitrogens with zero attached hydrogens (tertiary/aromatic N) is 4. The molecule has 5 aromatic carbocycles. The van der Waals surface area contributed by atoms with Gasteiger partial charge in [-0.15, -0.1) is 0 Å². The van der Waals surface area contributed by atoms with Crippen LogP contribution < -0.4 is 15.9 Å². The Hall–Kier alpha value is -5.45. The van der Waals surface area contributed by atoms with Gasteiger partial charge in [0.05, 0.1) is 0 Å². The van der Waals surface area contributed by atoms with E-state index in [1.807, 2.05) is 49.4 Å². The summed E-state index contributed by atoms with van der Waals surface area (Å²) < 4.78 is 9.77. The van der Waals surface area contributed by atoms with Crippen molar-refractivity contribution in [1.29, 1.82) is 0 Å². The van der Waals surface area contributed by atoms with Crippen LogP contribution in [0.3, 0.4) is 0 Å². The van der Waals surface area contributed by atoms with Crippen molar-refractivity contribution >= 4 is 35.3 Å². The van der Waals surface area contributed by atoms with Crippen molar-refractivity contribution in [3.8, 4) is 27.1 Å². The third-order valence-electron chi connectivity index (χ3n) is 9.36. The maximum atomic E-state index is 5.96. The molecular weight excluding hydrogens is 858 g/mol. The summed E-state index contributed by atoms with van der Waals surface area (Å²) in [7, 11) is -2.42. The van der Waals surface area contributed by atoms with Crippen LogP contribution in [0.15, 0.2) is 186 Å². The van der Waals surface area contributed by atoms with Crippen molar-refractivity contribution in [2.24, 2.45) is 0 Å². The molecule has 0 bridgehead atoms. The molecule has 54 heavy (non-hydrogen) atoms. The molecular formula is C47H39N4OOsP+. The van der Waals surface area contributed by atoms with Crippen molar-refractivity contribution in [3.63, 3.8) is 0 Å². The van der Waals surface area contributed by atoms with Crippen LogP contribution >= 0.6 is 7.26 Å². The molecule has 0 spiro atoms. The van der Waals surface area contributed by atoms with Gasteiger partial charge in [-0.1, -0.05) is 36.4 Å². The van der Waals surface area contributed by atoms with Crippen LogP contribution in [0.1, 0.15) is 25.0 Å². The maximum absolute atomic E-state index is 5.96. The zero-order valence-electron chi connectivity index (χ0n) is 30.2. The van der Waals surface area contributed by atoms with Gasteiger partial charge in [0.15, 0.2) is 0 Å². The van der Waals surface area contributed by atoms with Gasteiger partial charge in [-0.25, -0.2) is 0 Å². The van der Waals surface area contributed by atoms with Gasteiger partial charge in [0, 0.05) is 5.56 Å². The average molecular weight is 897 g/mol. The van der Waals surface area contributed by atoms with Gasteiger partial charge in [0.1, 0.15) is 0 Å². The Kier molecular flexibility index (Phi) is 12.0. The third kappa shape index (κ3) is 7.90. The molecule has 1 fully saturated rings. The molecule has 1 aliphatic heterocycles. The zero-order valence-corrected chi connectivity index (χ0v) is 33.6. The van der Waals surface area contributed by atoms with Gasteiger partial charge in [-0.05, 0) is 12.5 Å². The topological polar surface area (TPSA) is 60.8 Å². The molecule has 0 atom stereocenters. The minimum atomic E-state index is -2.42. The fraction of sp³-hybridized carbons (Fsp3) is 0.0851. The predicted octanol–water partition coefficient (Wildman–Crippen LogP) is 9.30. The van der Waals surface area contributed by atoms with Gasteiger partial charge < -0.3 is 0 Å². The summed E-state index contributed by atoms with van der Waals surface area (Å²) in [5.74, 6) is 0.973. The Bertz CT molecular complexity index is 2300. The summed E-state index contributed by atoms with van der Waals surface area (Å²) in [6.07, 6.45) is 13.0. The zero-order chi connectivity index (χ0) is 37.2. The van der Waals surface area contributed by atoms with Crippen LogP contribution in [0, 0.1) is 4.37 Å². The van der Waals surface area contributed by atoms with E-state index >= 15 is 0 Å². The van der Waals surface area contributed by atoms with Crippen molar-refractivity contribution in [2.45, 2.75) is 13.8 Å². The molecule has 0 radical (unpaired) electrons. The van der Waals surface area contributed by atoms with Gasteiger partial charge >= 0.3 is 269 Å². The van der Waals surface area contributed by atoms with Crippen molar-refractivity contribution in [1.82, 2.24) is 20.4 Å². The molecule has 5 nitrogen and oxygen atoms in total. The molecule has 0 unspecified atom stereocenters. The number of ether oxygens (including phenoxy) is 1. The summed E-state index contributed by atoms with van der Waals surface area (Å²) in [5.41, 5.74) is 7.39. The van der Waals surface area contributed by atoms with E-state index in [1.165, 1.54) is 32.4 Å². The van der Waals surface area contributed by atoms with Crippen LogP contribution in [0.4, 0.5) is 0 Å². The summed E-state index contributed by atoms with van der Waals surface area (Å²) >= 11 is 1.79. The van der Waals surface area contributed by atoms with Crippen LogP contribution in [-0.4, -0.2) is 33.6 Å². The molecule has 1 aliphatic rings. The molecule has 0 N–H and O–H groups in total. The first-order valence-corrected chi connectivity index (χ1v) is 20.9. The molecule has 0 aliphatic carbocycles. The second-order valence-electron chi connectivity index (χ2n) is 12.7. The van der Waals surface area contributed by atoms with E-state index in [0.717, 1.165) is 27.8 Å². The number of allylic oxidation sites excluding steroid dienone is 6. The fourth-order valence-corrected chi connectivity index (χ4v) is 12.5. The third-order valence-corrected chi connectivity index (χ3v) is 14.8. The Morgan fingerprint density at radius 2 is 1.04 bits per heavy atom. The SMILES string of the molecule is CC=C1COCC1=CC(/C=C/c1ccc(-c2nnc(-c3ccc(/C=C/C)cc3)nn2)cc1)=C([C]#[Os])[P+](c1ccccc1)(c1ccccc1)c1ccccc1. The van der Waals surface area contributed by atoms with Crippen molar-refractivity contribution < 1.29 is 22.7 Å². The number of benzene rings is 5. The Balaban J connectivity index is 1.31. The van der Waals surface area contributed by atoms with Crippen LogP contribution in [0.2, 0.25) is 0 Å². The number of rotatable bonds is 10.